The van der Waals surface area contributed by atoms with E-state index in [-0.39, 0.29) is 18.3 Å². The van der Waals surface area contributed by atoms with Crippen molar-refractivity contribution >= 4 is 23.5 Å². The highest BCUT2D eigenvalue weighted by molar-refractivity contribution is 6.65. The number of aromatic nitrogens is 2. The van der Waals surface area contributed by atoms with Crippen molar-refractivity contribution in [2.75, 3.05) is 0 Å². The minimum absolute atomic E-state index is 0.333. The first-order chi connectivity index (χ1) is 9.23. The van der Waals surface area contributed by atoms with Crippen LogP contribution in [0.25, 0.3) is 10.9 Å². The monoisotopic (exact) mass is 272 g/mol. The van der Waals surface area contributed by atoms with Crippen molar-refractivity contribution in [1.29, 1.82) is 0 Å². The van der Waals surface area contributed by atoms with E-state index >= 15 is 0 Å². The standard InChI is InChI=1S/C15H21BN2O2/c1-9-7-11-8-17-18-13(11)12(10(9)2)16-19-14(3,4)15(5,6)20-16/h7-8H,1-6H3,(H,17,18). The number of rotatable bonds is 1. The molecule has 1 saturated heterocycles. The van der Waals surface area contributed by atoms with Crippen LogP contribution in [-0.2, 0) is 9.31 Å². The van der Waals surface area contributed by atoms with Crippen molar-refractivity contribution in [2.45, 2.75) is 52.7 Å². The van der Waals surface area contributed by atoms with Gasteiger partial charge in [0.25, 0.3) is 0 Å². The van der Waals surface area contributed by atoms with E-state index in [2.05, 4.69) is 57.8 Å². The average Bonchev–Trinajstić information content (AvgIpc) is 2.83. The van der Waals surface area contributed by atoms with Gasteiger partial charge in [0.2, 0.25) is 0 Å². The predicted molar refractivity (Wildman–Crippen MR) is 81.3 cm³/mol. The Morgan fingerprint density at radius 2 is 1.70 bits per heavy atom. The second-order valence-corrected chi connectivity index (χ2v) is 6.65. The average molecular weight is 272 g/mol. The van der Waals surface area contributed by atoms with E-state index < -0.39 is 0 Å². The summed E-state index contributed by atoms with van der Waals surface area (Å²) in [7, 11) is -0.358. The van der Waals surface area contributed by atoms with Crippen molar-refractivity contribution in [2.24, 2.45) is 0 Å². The minimum atomic E-state index is -0.358. The van der Waals surface area contributed by atoms with E-state index in [4.69, 9.17) is 9.31 Å². The largest absolute Gasteiger partial charge is 0.497 e. The van der Waals surface area contributed by atoms with Crippen molar-refractivity contribution < 1.29 is 9.31 Å². The van der Waals surface area contributed by atoms with Crippen LogP contribution in [0.2, 0.25) is 0 Å². The van der Waals surface area contributed by atoms with Crippen LogP contribution < -0.4 is 5.46 Å². The summed E-state index contributed by atoms with van der Waals surface area (Å²) < 4.78 is 12.4. The number of hydrogen-bond donors (Lipinski definition) is 1. The van der Waals surface area contributed by atoms with Gasteiger partial charge in [-0.15, -0.1) is 0 Å². The zero-order valence-electron chi connectivity index (χ0n) is 13.0. The Balaban J connectivity index is 2.16. The van der Waals surface area contributed by atoms with Gasteiger partial charge in [0, 0.05) is 10.8 Å². The molecule has 20 heavy (non-hydrogen) atoms. The number of aromatic amines is 1. The summed E-state index contributed by atoms with van der Waals surface area (Å²) >= 11 is 0. The fraction of sp³-hybridized carbons (Fsp3) is 0.533. The van der Waals surface area contributed by atoms with Gasteiger partial charge in [-0.25, -0.2) is 0 Å². The second-order valence-electron chi connectivity index (χ2n) is 6.65. The van der Waals surface area contributed by atoms with Crippen LogP contribution in [0.4, 0.5) is 0 Å². The maximum absolute atomic E-state index is 6.19. The molecule has 5 heteroatoms. The Morgan fingerprint density at radius 3 is 2.30 bits per heavy atom. The number of nitrogens with one attached hydrogen (secondary N) is 1. The maximum atomic E-state index is 6.19. The molecule has 0 aliphatic carbocycles. The van der Waals surface area contributed by atoms with E-state index in [0.29, 0.717) is 0 Å². The number of nitrogens with zero attached hydrogens (tertiary/aromatic N) is 1. The SMILES string of the molecule is Cc1cc2cn[nH]c2c(B2OC(C)(C)C(C)(C)O2)c1C. The Labute approximate surface area is 120 Å². The highest BCUT2D eigenvalue weighted by atomic mass is 16.7. The Hall–Kier alpha value is -1.33. The second kappa shape index (κ2) is 4.09. The van der Waals surface area contributed by atoms with Gasteiger partial charge in [0.05, 0.1) is 22.9 Å². The van der Waals surface area contributed by atoms with Crippen molar-refractivity contribution in [3.05, 3.63) is 23.4 Å². The van der Waals surface area contributed by atoms with E-state index in [1.165, 1.54) is 11.1 Å². The first-order valence-electron chi connectivity index (χ1n) is 7.02. The Bertz CT molecular complexity index is 660. The van der Waals surface area contributed by atoms with E-state index in [9.17, 15) is 0 Å². The van der Waals surface area contributed by atoms with Crippen molar-refractivity contribution in [3.8, 4) is 0 Å². The van der Waals surface area contributed by atoms with Crippen LogP contribution in [0, 0.1) is 13.8 Å². The first kappa shape index (κ1) is 13.6. The molecule has 1 aromatic carbocycles. The minimum Gasteiger partial charge on any atom is -0.399 e. The van der Waals surface area contributed by atoms with Gasteiger partial charge in [0.15, 0.2) is 0 Å². The highest BCUT2D eigenvalue weighted by Crippen LogP contribution is 2.37. The highest BCUT2D eigenvalue weighted by Gasteiger charge is 2.52. The van der Waals surface area contributed by atoms with Crippen LogP contribution in [0.5, 0.6) is 0 Å². The lowest BCUT2D eigenvalue weighted by Crippen LogP contribution is -2.41. The summed E-state index contributed by atoms with van der Waals surface area (Å²) in [5.41, 5.74) is 3.83. The summed E-state index contributed by atoms with van der Waals surface area (Å²) in [6.07, 6.45) is 1.84. The first-order valence-corrected chi connectivity index (χ1v) is 7.02. The molecule has 0 bridgehead atoms. The molecule has 106 valence electrons. The van der Waals surface area contributed by atoms with Gasteiger partial charge >= 0.3 is 7.12 Å². The molecule has 1 aromatic heterocycles. The van der Waals surface area contributed by atoms with Gasteiger partial charge in [-0.3, -0.25) is 5.10 Å². The number of H-pyrrole nitrogens is 1. The van der Waals surface area contributed by atoms with Crippen LogP contribution >= 0.6 is 0 Å². The molecule has 0 amide bonds. The lowest BCUT2D eigenvalue weighted by molar-refractivity contribution is 0.00578. The molecule has 1 aliphatic heterocycles. The molecule has 1 fully saturated rings. The van der Waals surface area contributed by atoms with Gasteiger partial charge in [-0.2, -0.15) is 5.10 Å². The molecule has 1 N–H and O–H groups in total. The fourth-order valence-corrected chi connectivity index (χ4v) is 2.62. The molecule has 4 nitrogen and oxygen atoms in total. The van der Waals surface area contributed by atoms with Crippen LogP contribution in [0.3, 0.4) is 0 Å². The van der Waals surface area contributed by atoms with Crippen molar-refractivity contribution in [1.82, 2.24) is 10.2 Å². The van der Waals surface area contributed by atoms with E-state index in [0.717, 1.165) is 16.4 Å². The normalized spacial score (nSPS) is 20.8. The molecule has 0 saturated carbocycles. The van der Waals surface area contributed by atoms with Crippen LogP contribution in [0.1, 0.15) is 38.8 Å². The van der Waals surface area contributed by atoms with E-state index in [1.54, 1.807) is 0 Å². The molecule has 0 radical (unpaired) electrons. The van der Waals surface area contributed by atoms with Gasteiger partial charge in [-0.05, 0) is 58.7 Å². The molecule has 2 heterocycles. The number of benzene rings is 1. The Morgan fingerprint density at radius 1 is 1.10 bits per heavy atom. The molecule has 2 aromatic rings. The predicted octanol–water partition coefficient (Wildman–Crippen LogP) is 2.48. The number of hydrogen-bond acceptors (Lipinski definition) is 3. The summed E-state index contributed by atoms with van der Waals surface area (Å²) in [5, 5.41) is 8.33. The fourth-order valence-electron chi connectivity index (χ4n) is 2.62. The number of fused-ring (bicyclic) bond motifs is 1. The summed E-state index contributed by atoms with van der Waals surface area (Å²) in [4.78, 5) is 0. The Kier molecular flexibility index (Phi) is 2.79. The third-order valence-corrected chi connectivity index (χ3v) is 4.79. The lowest BCUT2D eigenvalue weighted by atomic mass is 9.74. The van der Waals surface area contributed by atoms with Gasteiger partial charge in [0.1, 0.15) is 0 Å². The van der Waals surface area contributed by atoms with Gasteiger partial charge < -0.3 is 9.31 Å². The molecule has 1 aliphatic rings. The smallest absolute Gasteiger partial charge is 0.399 e. The summed E-state index contributed by atoms with van der Waals surface area (Å²) in [6.45, 7) is 12.5. The molecular formula is C15H21BN2O2. The zero-order valence-corrected chi connectivity index (χ0v) is 13.0. The zero-order chi connectivity index (χ0) is 14.7. The van der Waals surface area contributed by atoms with Gasteiger partial charge in [-0.1, -0.05) is 0 Å². The topological polar surface area (TPSA) is 47.1 Å². The third-order valence-electron chi connectivity index (χ3n) is 4.79. The third kappa shape index (κ3) is 1.80. The van der Waals surface area contributed by atoms with E-state index in [1.807, 2.05) is 6.20 Å². The summed E-state index contributed by atoms with van der Waals surface area (Å²) in [6, 6.07) is 2.14. The molecule has 0 spiro atoms. The van der Waals surface area contributed by atoms with Crippen molar-refractivity contribution in [3.63, 3.8) is 0 Å². The van der Waals surface area contributed by atoms with Crippen LogP contribution in [-0.4, -0.2) is 28.5 Å². The molecular weight excluding hydrogens is 251 g/mol. The molecule has 0 unspecified atom stereocenters. The molecule has 3 rings (SSSR count). The van der Waals surface area contributed by atoms with Crippen LogP contribution in [0.15, 0.2) is 12.3 Å². The number of aryl methyl sites for hydroxylation is 1. The summed E-state index contributed by atoms with van der Waals surface area (Å²) in [5.74, 6) is 0. The quantitative estimate of drug-likeness (QED) is 0.811. The molecule has 0 atom stereocenters. The maximum Gasteiger partial charge on any atom is 0.497 e. The lowest BCUT2D eigenvalue weighted by Gasteiger charge is -2.32.